The molecule has 0 aliphatic heterocycles. The summed E-state index contributed by atoms with van der Waals surface area (Å²) >= 11 is 0. The van der Waals surface area contributed by atoms with Crippen LogP contribution in [0.2, 0.25) is 0 Å². The Morgan fingerprint density at radius 3 is 2.71 bits per heavy atom. The van der Waals surface area contributed by atoms with Crippen LogP contribution in [0.4, 0.5) is 5.95 Å². The molecule has 2 N–H and O–H groups in total. The Morgan fingerprint density at radius 2 is 2.07 bits per heavy atom. The second-order valence-electron chi connectivity index (χ2n) is 3.13. The van der Waals surface area contributed by atoms with Crippen LogP contribution < -0.4 is 10.7 Å². The van der Waals surface area contributed by atoms with Crippen LogP contribution in [0.3, 0.4) is 0 Å². The number of nitrogens with two attached hydrogens (primary N) is 1. The predicted molar refractivity (Wildman–Crippen MR) is 56.9 cm³/mol. The van der Waals surface area contributed by atoms with Gasteiger partial charge in [-0.15, -0.1) is 0 Å². The minimum absolute atomic E-state index is 0.533. The molecule has 2 heterocycles. The average Bonchev–Trinajstić information content (AvgIpc) is 2.74. The molecule has 0 unspecified atom stereocenters. The predicted octanol–water partition coefficient (Wildman–Crippen LogP) is 0.696. The Kier molecular flexibility index (Phi) is 2.07. The summed E-state index contributed by atoms with van der Waals surface area (Å²) in [5, 5.41) is 2.20. The van der Waals surface area contributed by atoms with E-state index < -0.39 is 0 Å². The van der Waals surface area contributed by atoms with Crippen LogP contribution in [-0.4, -0.2) is 27.2 Å². The molecule has 0 aliphatic carbocycles. The number of aromatic nitrogens is 3. The molecule has 0 atom stereocenters. The van der Waals surface area contributed by atoms with Crippen LogP contribution in [-0.2, 0) is 0 Å². The van der Waals surface area contributed by atoms with Crippen molar-refractivity contribution >= 4 is 11.6 Å². The van der Waals surface area contributed by atoms with E-state index in [4.69, 9.17) is 5.73 Å². The molecule has 2 rings (SSSR count). The lowest BCUT2D eigenvalue weighted by Crippen LogP contribution is -2.33. The third-order valence-electron chi connectivity index (χ3n) is 2.43. The number of nitrogen functional groups attached to an aromatic ring is 1. The lowest BCUT2D eigenvalue weighted by molar-refractivity contribution is 0.637. The molecule has 0 radical (unpaired) electrons. The number of rotatable bonds is 3. The number of imidazole rings is 2. The summed E-state index contributed by atoms with van der Waals surface area (Å²) in [6.07, 6.45) is 5.71. The van der Waals surface area contributed by atoms with Gasteiger partial charge in [0, 0.05) is 25.5 Å². The lowest BCUT2D eigenvalue weighted by atomic mass is 10.6. The largest absolute Gasteiger partial charge is 0.369 e. The normalized spacial score (nSPS) is 11.0. The molecule has 0 spiro atoms. The molecule has 0 saturated heterocycles. The second kappa shape index (κ2) is 3.25. The van der Waals surface area contributed by atoms with Crippen molar-refractivity contribution in [1.29, 1.82) is 0 Å². The summed E-state index contributed by atoms with van der Waals surface area (Å²) in [6, 6.07) is 0. The van der Waals surface area contributed by atoms with Gasteiger partial charge in [0.2, 0.25) is 5.95 Å². The Bertz CT molecular complexity index is 423. The molecule has 2 aromatic rings. The number of fused-ring (bicyclic) bond motifs is 1. The summed E-state index contributed by atoms with van der Waals surface area (Å²) in [5.74, 6) is 0.533. The maximum absolute atomic E-state index is 5.69. The molecule has 14 heavy (non-hydrogen) atoms. The summed E-state index contributed by atoms with van der Waals surface area (Å²) < 4.78 is 3.95. The van der Waals surface area contributed by atoms with E-state index in [2.05, 4.69) is 28.5 Å². The van der Waals surface area contributed by atoms with Gasteiger partial charge in [-0.25, -0.2) is 9.66 Å². The summed E-state index contributed by atoms with van der Waals surface area (Å²) in [5.41, 5.74) is 6.70. The quantitative estimate of drug-likeness (QED) is 0.780. The topological polar surface area (TPSA) is 51.5 Å². The van der Waals surface area contributed by atoms with Crippen molar-refractivity contribution in [1.82, 2.24) is 14.1 Å². The summed E-state index contributed by atoms with van der Waals surface area (Å²) in [7, 11) is 0. The fraction of sp³-hybridized carbons (Fsp3) is 0.444. The standard InChI is InChI=1S/C9H15N5/c1-3-12(4-2)14-6-5-13-8(14)7-11-9(13)10/h5-7H,3-4H2,1-2H3,(H2,10,11). The molecule has 0 aliphatic rings. The van der Waals surface area contributed by atoms with E-state index in [0.29, 0.717) is 5.95 Å². The third kappa shape index (κ3) is 1.13. The van der Waals surface area contributed by atoms with Gasteiger partial charge in [0.15, 0.2) is 5.65 Å². The van der Waals surface area contributed by atoms with Crippen molar-refractivity contribution in [3.63, 3.8) is 0 Å². The highest BCUT2D eigenvalue weighted by molar-refractivity contribution is 5.46. The highest BCUT2D eigenvalue weighted by Crippen LogP contribution is 2.09. The molecule has 0 aromatic carbocycles. The van der Waals surface area contributed by atoms with Gasteiger partial charge < -0.3 is 10.7 Å². The molecule has 5 heteroatoms. The van der Waals surface area contributed by atoms with E-state index in [0.717, 1.165) is 18.7 Å². The first kappa shape index (κ1) is 8.93. The van der Waals surface area contributed by atoms with Gasteiger partial charge in [-0.2, -0.15) is 0 Å². The van der Waals surface area contributed by atoms with Crippen LogP contribution >= 0.6 is 0 Å². The van der Waals surface area contributed by atoms with Crippen molar-refractivity contribution in [2.24, 2.45) is 0 Å². The number of hydrogen-bond donors (Lipinski definition) is 1. The molecular formula is C9H15N5. The minimum Gasteiger partial charge on any atom is -0.369 e. The Balaban J connectivity index is 2.51. The van der Waals surface area contributed by atoms with E-state index in [1.165, 1.54) is 0 Å². The van der Waals surface area contributed by atoms with Crippen LogP contribution in [0.5, 0.6) is 0 Å². The van der Waals surface area contributed by atoms with Crippen LogP contribution in [0.25, 0.3) is 5.65 Å². The first-order valence-electron chi connectivity index (χ1n) is 4.83. The molecule has 0 fully saturated rings. The molecule has 76 valence electrons. The third-order valence-corrected chi connectivity index (χ3v) is 2.43. The highest BCUT2D eigenvalue weighted by atomic mass is 15.6. The van der Waals surface area contributed by atoms with Gasteiger partial charge in [0.1, 0.15) is 0 Å². The number of anilines is 1. The maximum Gasteiger partial charge on any atom is 0.206 e. The van der Waals surface area contributed by atoms with Gasteiger partial charge in [-0.05, 0) is 13.8 Å². The fourth-order valence-corrected chi connectivity index (χ4v) is 1.66. The van der Waals surface area contributed by atoms with Gasteiger partial charge in [0.05, 0.1) is 6.20 Å². The zero-order chi connectivity index (χ0) is 10.1. The minimum atomic E-state index is 0.533. The van der Waals surface area contributed by atoms with E-state index >= 15 is 0 Å². The van der Waals surface area contributed by atoms with Crippen LogP contribution in [0.1, 0.15) is 13.8 Å². The van der Waals surface area contributed by atoms with E-state index in [1.807, 2.05) is 16.8 Å². The monoisotopic (exact) mass is 193 g/mol. The molecule has 5 nitrogen and oxygen atoms in total. The van der Waals surface area contributed by atoms with E-state index in [-0.39, 0.29) is 0 Å². The summed E-state index contributed by atoms with van der Waals surface area (Å²) in [4.78, 5) is 4.06. The maximum atomic E-state index is 5.69. The average molecular weight is 193 g/mol. The Hall–Kier alpha value is -1.65. The van der Waals surface area contributed by atoms with Crippen molar-refractivity contribution in [2.75, 3.05) is 23.8 Å². The van der Waals surface area contributed by atoms with Gasteiger partial charge in [0.25, 0.3) is 0 Å². The molecule has 0 saturated carbocycles. The summed E-state index contributed by atoms with van der Waals surface area (Å²) in [6.45, 7) is 6.18. The molecule has 2 aromatic heterocycles. The lowest BCUT2D eigenvalue weighted by Gasteiger charge is -2.22. The molecular weight excluding hydrogens is 178 g/mol. The second-order valence-corrected chi connectivity index (χ2v) is 3.13. The Morgan fingerprint density at radius 1 is 1.36 bits per heavy atom. The van der Waals surface area contributed by atoms with Gasteiger partial charge >= 0.3 is 0 Å². The SMILES string of the molecule is CCN(CC)n1ccn2c(N)ncc12. The first-order valence-corrected chi connectivity index (χ1v) is 4.83. The zero-order valence-electron chi connectivity index (χ0n) is 8.51. The smallest absolute Gasteiger partial charge is 0.206 e. The number of nitrogens with zero attached hydrogens (tertiary/aromatic N) is 4. The van der Waals surface area contributed by atoms with Crippen LogP contribution in [0, 0.1) is 0 Å². The van der Waals surface area contributed by atoms with E-state index in [1.54, 1.807) is 6.20 Å². The van der Waals surface area contributed by atoms with Crippen molar-refractivity contribution in [3.05, 3.63) is 18.6 Å². The zero-order valence-corrected chi connectivity index (χ0v) is 8.51. The first-order chi connectivity index (χ1) is 6.77. The molecule has 0 amide bonds. The Labute approximate surface area is 82.7 Å². The highest BCUT2D eigenvalue weighted by Gasteiger charge is 2.07. The van der Waals surface area contributed by atoms with Crippen LogP contribution in [0.15, 0.2) is 18.6 Å². The van der Waals surface area contributed by atoms with Crippen molar-refractivity contribution in [2.45, 2.75) is 13.8 Å². The fourth-order valence-electron chi connectivity index (χ4n) is 1.66. The van der Waals surface area contributed by atoms with Gasteiger partial charge in [-0.1, -0.05) is 0 Å². The van der Waals surface area contributed by atoms with Gasteiger partial charge in [-0.3, -0.25) is 4.40 Å². The van der Waals surface area contributed by atoms with Crippen molar-refractivity contribution < 1.29 is 0 Å². The molecule has 0 bridgehead atoms. The number of hydrogen-bond acceptors (Lipinski definition) is 3. The van der Waals surface area contributed by atoms with E-state index in [9.17, 15) is 0 Å². The van der Waals surface area contributed by atoms with Crippen molar-refractivity contribution in [3.8, 4) is 0 Å².